The highest BCUT2D eigenvalue weighted by Gasteiger charge is 2.66. The molecule has 3 aliphatic heterocycles. The summed E-state index contributed by atoms with van der Waals surface area (Å²) in [6.07, 6.45) is 14.7. The fourth-order valence-corrected chi connectivity index (χ4v) is 6.66. The van der Waals surface area contributed by atoms with E-state index >= 15 is 0 Å². The van der Waals surface area contributed by atoms with Crippen molar-refractivity contribution in [2.75, 3.05) is 13.2 Å². The van der Waals surface area contributed by atoms with Crippen molar-refractivity contribution in [2.45, 2.75) is 68.5 Å². The van der Waals surface area contributed by atoms with Gasteiger partial charge >= 0.3 is 0 Å². The Kier molecular flexibility index (Phi) is 2.71. The van der Waals surface area contributed by atoms with Crippen LogP contribution in [0.5, 0.6) is 0 Å². The van der Waals surface area contributed by atoms with Crippen LogP contribution < -0.4 is 0 Å². The van der Waals surface area contributed by atoms with E-state index in [0.717, 1.165) is 38.5 Å². The summed E-state index contributed by atoms with van der Waals surface area (Å²) in [7, 11) is 0. The molecule has 2 saturated carbocycles. The second-order valence-corrected chi connectivity index (χ2v) is 9.05. The minimum Gasteiger partial charge on any atom is -0.393 e. The van der Waals surface area contributed by atoms with Gasteiger partial charge in [0.05, 0.1) is 24.9 Å². The van der Waals surface area contributed by atoms with Gasteiger partial charge in [0.2, 0.25) is 5.79 Å². The molecule has 3 heterocycles. The van der Waals surface area contributed by atoms with E-state index in [-0.39, 0.29) is 22.7 Å². The van der Waals surface area contributed by atoms with Crippen LogP contribution in [0.2, 0.25) is 0 Å². The van der Waals surface area contributed by atoms with Crippen molar-refractivity contribution in [2.24, 2.45) is 11.3 Å². The minimum absolute atomic E-state index is 0.00136. The van der Waals surface area contributed by atoms with Crippen LogP contribution in [0.4, 0.5) is 0 Å². The van der Waals surface area contributed by atoms with Crippen LogP contribution in [-0.4, -0.2) is 41.4 Å². The van der Waals surface area contributed by atoms with Crippen LogP contribution in [-0.2, 0) is 14.2 Å². The van der Waals surface area contributed by atoms with Crippen molar-refractivity contribution in [3.8, 4) is 0 Å². The van der Waals surface area contributed by atoms with E-state index in [1.54, 1.807) is 0 Å². The van der Waals surface area contributed by atoms with E-state index in [1.807, 2.05) is 6.08 Å². The summed E-state index contributed by atoms with van der Waals surface area (Å²) in [5, 5.41) is 10.6. The Morgan fingerprint density at radius 2 is 1.92 bits per heavy atom. The molecule has 4 heteroatoms. The lowest BCUT2D eigenvalue weighted by molar-refractivity contribution is -0.138. The fourth-order valence-electron chi connectivity index (χ4n) is 6.66. The second-order valence-electron chi connectivity index (χ2n) is 9.05. The number of hydrogen-bond donors (Lipinski definition) is 1. The summed E-state index contributed by atoms with van der Waals surface area (Å²) in [4.78, 5) is 0. The first-order chi connectivity index (χ1) is 12.0. The van der Waals surface area contributed by atoms with Crippen LogP contribution in [0.15, 0.2) is 35.5 Å². The largest absolute Gasteiger partial charge is 0.393 e. The van der Waals surface area contributed by atoms with Crippen LogP contribution in [0.25, 0.3) is 0 Å². The third-order valence-electron chi connectivity index (χ3n) is 8.06. The molecule has 134 valence electrons. The van der Waals surface area contributed by atoms with Crippen molar-refractivity contribution in [3.05, 3.63) is 35.5 Å². The summed E-state index contributed by atoms with van der Waals surface area (Å²) in [5.41, 5.74) is 2.15. The molecule has 0 aromatic rings. The lowest BCUT2D eigenvalue weighted by Gasteiger charge is -2.54. The summed E-state index contributed by atoms with van der Waals surface area (Å²) in [5.74, 6) is -0.254. The molecule has 3 aliphatic carbocycles. The summed E-state index contributed by atoms with van der Waals surface area (Å²) >= 11 is 0. The van der Waals surface area contributed by atoms with Gasteiger partial charge in [-0.25, -0.2) is 0 Å². The molecule has 3 spiro atoms. The summed E-state index contributed by atoms with van der Waals surface area (Å²) in [6.45, 7) is 3.56. The molecule has 0 aromatic heterocycles. The topological polar surface area (TPSA) is 47.9 Å². The van der Waals surface area contributed by atoms with Crippen molar-refractivity contribution in [1.82, 2.24) is 0 Å². The van der Waals surface area contributed by atoms with Crippen LogP contribution in [0, 0.1) is 11.3 Å². The molecule has 2 saturated heterocycles. The minimum atomic E-state index is -0.684. The monoisotopic (exact) mass is 342 g/mol. The van der Waals surface area contributed by atoms with Gasteiger partial charge in [-0.2, -0.15) is 0 Å². The Bertz CT molecular complexity index is 730. The lowest BCUT2D eigenvalue weighted by Crippen LogP contribution is -2.55. The highest BCUT2D eigenvalue weighted by molar-refractivity contribution is 5.52. The maximum Gasteiger partial charge on any atom is 0.208 e. The number of fused-ring (bicyclic) bond motifs is 1. The third kappa shape index (κ3) is 1.68. The fraction of sp³-hybridized carbons (Fsp3) is 0.714. The van der Waals surface area contributed by atoms with Gasteiger partial charge in [0, 0.05) is 0 Å². The lowest BCUT2D eigenvalue weighted by atomic mass is 9.58. The Morgan fingerprint density at radius 3 is 2.76 bits per heavy atom. The van der Waals surface area contributed by atoms with E-state index in [0.29, 0.717) is 19.1 Å². The van der Waals surface area contributed by atoms with E-state index in [2.05, 4.69) is 25.2 Å². The molecule has 1 unspecified atom stereocenters. The predicted molar refractivity (Wildman–Crippen MR) is 91.8 cm³/mol. The quantitative estimate of drug-likeness (QED) is 0.688. The smallest absolute Gasteiger partial charge is 0.208 e. The van der Waals surface area contributed by atoms with E-state index < -0.39 is 5.79 Å². The Hall–Kier alpha value is -0.940. The average molecular weight is 342 g/mol. The first-order valence-corrected chi connectivity index (χ1v) is 9.81. The van der Waals surface area contributed by atoms with Gasteiger partial charge in [-0.1, -0.05) is 13.0 Å². The molecular weight excluding hydrogens is 316 g/mol. The van der Waals surface area contributed by atoms with E-state index in [4.69, 9.17) is 14.2 Å². The molecular formula is C21H26O4. The van der Waals surface area contributed by atoms with Gasteiger partial charge in [0.1, 0.15) is 5.60 Å². The highest BCUT2D eigenvalue weighted by atomic mass is 16.7. The number of aliphatic hydroxyl groups excluding tert-OH is 1. The van der Waals surface area contributed by atoms with Crippen molar-refractivity contribution >= 4 is 0 Å². The van der Waals surface area contributed by atoms with E-state index in [9.17, 15) is 5.11 Å². The van der Waals surface area contributed by atoms with Crippen molar-refractivity contribution in [3.63, 3.8) is 0 Å². The second kappa shape index (κ2) is 4.48. The first-order valence-electron chi connectivity index (χ1n) is 9.81. The van der Waals surface area contributed by atoms with Crippen LogP contribution in [0.3, 0.4) is 0 Å². The van der Waals surface area contributed by atoms with Gasteiger partial charge in [0.15, 0.2) is 0 Å². The summed E-state index contributed by atoms with van der Waals surface area (Å²) < 4.78 is 18.7. The zero-order chi connectivity index (χ0) is 16.9. The normalized spacial score (nSPS) is 51.8. The van der Waals surface area contributed by atoms with Gasteiger partial charge < -0.3 is 19.3 Å². The van der Waals surface area contributed by atoms with E-state index in [1.165, 1.54) is 11.1 Å². The molecule has 6 aliphatic rings. The standard InChI is InChI=1S/C21H26O4/c1-18-5-4-14-12-15-13-20(23-10-11-24-20)8-6-19(15)7-9-21(14,25-19)16(18)2-3-17(18)22/h6,8,12-13,16-17,22H,2-5,7,9-11H2,1H3/t16-,17?,18+,19+,21-/m1/s1. The maximum absolute atomic E-state index is 10.6. The third-order valence-corrected chi connectivity index (χ3v) is 8.06. The molecule has 25 heavy (non-hydrogen) atoms. The zero-order valence-electron chi connectivity index (χ0n) is 14.8. The first kappa shape index (κ1) is 15.2. The van der Waals surface area contributed by atoms with Gasteiger partial charge in [-0.15, -0.1) is 0 Å². The van der Waals surface area contributed by atoms with Gasteiger partial charge in [-0.3, -0.25) is 0 Å². The van der Waals surface area contributed by atoms with Crippen LogP contribution >= 0.6 is 0 Å². The maximum atomic E-state index is 10.6. The molecule has 6 rings (SSSR count). The SMILES string of the molecule is C[C@]12CCC3=CC4=CC5(C=C[C@]46CC[C@]3(O6)[C@@H]1CCC2O)OCCO5. The molecule has 0 aromatic carbocycles. The molecule has 0 amide bonds. The van der Waals surface area contributed by atoms with Crippen molar-refractivity contribution < 1.29 is 19.3 Å². The molecule has 5 atom stereocenters. The number of ether oxygens (including phenoxy) is 3. The van der Waals surface area contributed by atoms with Gasteiger partial charge in [0.25, 0.3) is 0 Å². The number of aliphatic hydroxyl groups is 1. The average Bonchev–Trinajstić information content (AvgIpc) is 3.26. The zero-order valence-corrected chi connectivity index (χ0v) is 14.8. The predicted octanol–water partition coefficient (Wildman–Crippen LogP) is 3.02. The van der Waals surface area contributed by atoms with Crippen LogP contribution in [0.1, 0.15) is 45.4 Å². The molecule has 4 fully saturated rings. The molecule has 2 bridgehead atoms. The Labute approximate surface area is 148 Å². The molecule has 0 radical (unpaired) electrons. The molecule has 4 nitrogen and oxygen atoms in total. The summed E-state index contributed by atoms with van der Waals surface area (Å²) in [6, 6.07) is 0. The van der Waals surface area contributed by atoms with Gasteiger partial charge in [-0.05, 0) is 79.2 Å². The number of hydrogen-bond acceptors (Lipinski definition) is 4. The highest BCUT2D eigenvalue weighted by Crippen LogP contribution is 2.66. The number of rotatable bonds is 0. The molecule has 1 N–H and O–H groups in total. The van der Waals surface area contributed by atoms with Crippen molar-refractivity contribution in [1.29, 1.82) is 0 Å². The Morgan fingerprint density at radius 1 is 1.08 bits per heavy atom. The Balaban J connectivity index is 1.48.